The number of hydrogen-bond donors (Lipinski definition) is 1. The molecule has 1 N–H and O–H groups in total. The maximum absolute atomic E-state index is 13.9. The number of aryl methyl sites for hydroxylation is 1. The van der Waals surface area contributed by atoms with Crippen LogP contribution in [0.4, 0.5) is 8.78 Å². The van der Waals surface area contributed by atoms with Crippen molar-refractivity contribution in [2.45, 2.75) is 26.5 Å². The number of amides is 1. The van der Waals surface area contributed by atoms with Crippen LogP contribution in [0.15, 0.2) is 67.0 Å². The number of imidazole rings is 1. The van der Waals surface area contributed by atoms with Crippen LogP contribution in [0.5, 0.6) is 5.75 Å². The van der Waals surface area contributed by atoms with Gasteiger partial charge in [-0.25, -0.2) is 13.8 Å². The van der Waals surface area contributed by atoms with Crippen LogP contribution in [0, 0.1) is 18.6 Å². The highest BCUT2D eigenvalue weighted by Crippen LogP contribution is 2.19. The number of pyridine rings is 1. The fourth-order valence-corrected chi connectivity index (χ4v) is 3.30. The third-order valence-electron chi connectivity index (χ3n) is 4.93. The van der Waals surface area contributed by atoms with Crippen LogP contribution in [0.3, 0.4) is 0 Å². The Morgan fingerprint density at radius 2 is 1.87 bits per heavy atom. The molecule has 2 heterocycles. The van der Waals surface area contributed by atoms with Crippen LogP contribution in [0.2, 0.25) is 0 Å². The van der Waals surface area contributed by atoms with Crippen LogP contribution in [0.25, 0.3) is 5.65 Å². The first-order chi connectivity index (χ1) is 14.9. The predicted octanol–water partition coefficient (Wildman–Crippen LogP) is 4.99. The molecule has 5 nitrogen and oxygen atoms in total. The summed E-state index contributed by atoms with van der Waals surface area (Å²) in [4.78, 5) is 17.0. The Balaban J connectivity index is 1.37. The van der Waals surface area contributed by atoms with E-state index >= 15 is 0 Å². The fraction of sp³-hybridized carbons (Fsp3) is 0.167. The third-order valence-corrected chi connectivity index (χ3v) is 4.93. The number of carbonyl (C=O) groups is 1. The lowest BCUT2D eigenvalue weighted by atomic mass is 10.1. The fourth-order valence-electron chi connectivity index (χ4n) is 3.30. The molecule has 31 heavy (non-hydrogen) atoms. The Morgan fingerprint density at radius 1 is 1.10 bits per heavy atom. The second-order valence-electron chi connectivity index (χ2n) is 7.38. The Kier molecular flexibility index (Phi) is 5.66. The van der Waals surface area contributed by atoms with E-state index < -0.39 is 17.7 Å². The number of halogens is 2. The van der Waals surface area contributed by atoms with Crippen LogP contribution < -0.4 is 10.1 Å². The molecular formula is C24H21F2N3O2. The lowest BCUT2D eigenvalue weighted by Gasteiger charge is -2.15. The van der Waals surface area contributed by atoms with Gasteiger partial charge in [0, 0.05) is 29.6 Å². The van der Waals surface area contributed by atoms with E-state index in [0.717, 1.165) is 29.0 Å². The quantitative estimate of drug-likeness (QED) is 0.477. The monoisotopic (exact) mass is 421 g/mol. The van der Waals surface area contributed by atoms with Gasteiger partial charge in [0.1, 0.15) is 29.6 Å². The van der Waals surface area contributed by atoms with Crippen molar-refractivity contribution in [2.24, 2.45) is 0 Å². The molecule has 0 saturated heterocycles. The van der Waals surface area contributed by atoms with E-state index in [-0.39, 0.29) is 11.5 Å². The third kappa shape index (κ3) is 4.71. The molecule has 158 valence electrons. The molecule has 0 saturated carbocycles. The van der Waals surface area contributed by atoms with Crippen LogP contribution >= 0.6 is 0 Å². The van der Waals surface area contributed by atoms with Gasteiger partial charge in [0.15, 0.2) is 0 Å². The summed E-state index contributed by atoms with van der Waals surface area (Å²) in [5.41, 5.74) is 3.41. The summed E-state index contributed by atoms with van der Waals surface area (Å²) in [6, 6.07) is 13.3. The zero-order chi connectivity index (χ0) is 22.0. The lowest BCUT2D eigenvalue weighted by molar-refractivity contribution is 0.0939. The number of carbonyl (C=O) groups excluding carboxylic acids is 1. The minimum Gasteiger partial charge on any atom is -0.487 e. The Hall–Kier alpha value is -3.74. The summed E-state index contributed by atoms with van der Waals surface area (Å²) in [6.07, 6.45) is 3.91. The van der Waals surface area contributed by atoms with Crippen molar-refractivity contribution in [3.63, 3.8) is 0 Å². The van der Waals surface area contributed by atoms with Crippen molar-refractivity contribution in [1.29, 1.82) is 0 Å². The van der Waals surface area contributed by atoms with Gasteiger partial charge in [0.05, 0.1) is 11.7 Å². The Morgan fingerprint density at radius 3 is 2.61 bits per heavy atom. The van der Waals surface area contributed by atoms with Gasteiger partial charge in [-0.3, -0.25) is 4.79 Å². The van der Waals surface area contributed by atoms with E-state index in [1.807, 2.05) is 35.9 Å². The number of ether oxygens (including phenoxy) is 1. The first-order valence-corrected chi connectivity index (χ1v) is 9.82. The van der Waals surface area contributed by atoms with Crippen molar-refractivity contribution in [3.05, 3.63) is 101 Å². The molecule has 2 aromatic heterocycles. The summed E-state index contributed by atoms with van der Waals surface area (Å²) in [7, 11) is 0. The number of benzene rings is 2. The van der Waals surface area contributed by atoms with Gasteiger partial charge in [-0.15, -0.1) is 0 Å². The second kappa shape index (κ2) is 8.55. The Labute approximate surface area is 178 Å². The van der Waals surface area contributed by atoms with Gasteiger partial charge in [-0.1, -0.05) is 12.1 Å². The van der Waals surface area contributed by atoms with Crippen LogP contribution in [-0.4, -0.2) is 15.3 Å². The average molecular weight is 421 g/mol. The second-order valence-corrected chi connectivity index (χ2v) is 7.38. The highest BCUT2D eigenvalue weighted by Gasteiger charge is 2.15. The topological polar surface area (TPSA) is 55.6 Å². The average Bonchev–Trinajstić information content (AvgIpc) is 3.14. The molecule has 0 aliphatic rings. The zero-order valence-corrected chi connectivity index (χ0v) is 17.1. The number of hydrogen-bond acceptors (Lipinski definition) is 3. The number of nitrogens with one attached hydrogen (secondary N) is 1. The van der Waals surface area contributed by atoms with Crippen molar-refractivity contribution < 1.29 is 18.3 Å². The minimum absolute atomic E-state index is 0.220. The van der Waals surface area contributed by atoms with Crippen LogP contribution in [-0.2, 0) is 6.61 Å². The van der Waals surface area contributed by atoms with E-state index in [1.165, 1.54) is 6.07 Å². The van der Waals surface area contributed by atoms with Crippen molar-refractivity contribution in [3.8, 4) is 5.75 Å². The summed E-state index contributed by atoms with van der Waals surface area (Å²) >= 11 is 0. The first kappa shape index (κ1) is 20.5. The minimum atomic E-state index is -0.696. The number of fused-ring (bicyclic) bond motifs is 1. The maximum Gasteiger partial charge on any atom is 0.251 e. The van der Waals surface area contributed by atoms with E-state index in [1.54, 1.807) is 31.2 Å². The Bertz CT molecular complexity index is 1240. The molecule has 7 heteroatoms. The van der Waals surface area contributed by atoms with Gasteiger partial charge < -0.3 is 14.5 Å². The summed E-state index contributed by atoms with van der Waals surface area (Å²) in [5, 5.41) is 2.71. The normalized spacial score (nSPS) is 12.0. The number of aromatic nitrogens is 2. The molecule has 0 fully saturated rings. The molecule has 1 unspecified atom stereocenters. The van der Waals surface area contributed by atoms with Crippen molar-refractivity contribution in [2.75, 3.05) is 0 Å². The summed E-state index contributed by atoms with van der Waals surface area (Å²) in [6.45, 7) is 3.96. The first-order valence-electron chi connectivity index (χ1n) is 9.82. The van der Waals surface area contributed by atoms with Gasteiger partial charge in [-0.2, -0.15) is 0 Å². The van der Waals surface area contributed by atoms with Crippen molar-refractivity contribution >= 4 is 11.6 Å². The van der Waals surface area contributed by atoms with E-state index in [4.69, 9.17) is 4.74 Å². The molecule has 1 atom stereocenters. The number of nitrogens with zero attached hydrogens (tertiary/aromatic N) is 2. The summed E-state index contributed by atoms with van der Waals surface area (Å²) in [5.74, 6) is -1.12. The maximum atomic E-state index is 13.9. The highest BCUT2D eigenvalue weighted by atomic mass is 19.1. The number of rotatable bonds is 6. The molecule has 4 rings (SSSR count). The van der Waals surface area contributed by atoms with Gasteiger partial charge >= 0.3 is 0 Å². The van der Waals surface area contributed by atoms with E-state index in [2.05, 4.69) is 10.3 Å². The van der Waals surface area contributed by atoms with Gasteiger partial charge in [-0.05, 0) is 55.8 Å². The highest BCUT2D eigenvalue weighted by molar-refractivity contribution is 5.94. The van der Waals surface area contributed by atoms with Crippen molar-refractivity contribution in [1.82, 2.24) is 14.7 Å². The molecule has 0 bridgehead atoms. The molecule has 0 aliphatic heterocycles. The molecule has 2 aromatic carbocycles. The molecule has 0 aliphatic carbocycles. The van der Waals surface area contributed by atoms with Crippen LogP contribution in [0.1, 0.15) is 40.1 Å². The molecular weight excluding hydrogens is 400 g/mol. The SMILES string of the molecule is Cc1ccc2nc(COc3ccc(C(=O)NC(C)c4ccc(F)cc4F)cc3)cn2c1. The van der Waals surface area contributed by atoms with Gasteiger partial charge in [0.25, 0.3) is 5.91 Å². The zero-order valence-electron chi connectivity index (χ0n) is 17.1. The van der Waals surface area contributed by atoms with E-state index in [9.17, 15) is 13.6 Å². The molecule has 0 radical (unpaired) electrons. The summed E-state index contributed by atoms with van der Waals surface area (Å²) < 4.78 is 34.7. The lowest BCUT2D eigenvalue weighted by Crippen LogP contribution is -2.27. The molecule has 1 amide bonds. The standard InChI is InChI=1S/C24H21F2N3O2/c1-15-3-10-23-28-19(13-29(23)12-15)14-31-20-7-4-17(5-8-20)24(30)27-16(2)21-9-6-18(25)11-22(21)26/h3-13,16H,14H2,1-2H3,(H,27,30). The molecule has 0 spiro atoms. The smallest absolute Gasteiger partial charge is 0.251 e. The predicted molar refractivity (Wildman–Crippen MR) is 113 cm³/mol. The molecule has 4 aromatic rings. The van der Waals surface area contributed by atoms with Gasteiger partial charge in [0.2, 0.25) is 0 Å². The largest absolute Gasteiger partial charge is 0.487 e. The van der Waals surface area contributed by atoms with E-state index in [0.29, 0.717) is 17.9 Å².